The Morgan fingerprint density at radius 1 is 1.26 bits per heavy atom. The van der Waals surface area contributed by atoms with E-state index < -0.39 is 5.72 Å². The van der Waals surface area contributed by atoms with Gasteiger partial charge in [0.2, 0.25) is 0 Å². The van der Waals surface area contributed by atoms with E-state index in [9.17, 15) is 10.1 Å². The van der Waals surface area contributed by atoms with Gasteiger partial charge in [-0.1, -0.05) is 25.1 Å². The van der Waals surface area contributed by atoms with Gasteiger partial charge in [-0.05, 0) is 50.2 Å². The highest BCUT2D eigenvalue weighted by molar-refractivity contribution is 7.80. The number of nitro benzene ring substituents is 1. The molecule has 1 N–H and O–H groups in total. The maximum Gasteiger partial charge on any atom is 0.270 e. The fourth-order valence-electron chi connectivity index (χ4n) is 4.21. The summed E-state index contributed by atoms with van der Waals surface area (Å²) in [7, 11) is 0. The molecule has 2 aliphatic heterocycles. The van der Waals surface area contributed by atoms with Crippen molar-refractivity contribution in [2.75, 3.05) is 4.90 Å². The fourth-order valence-corrected chi connectivity index (χ4v) is 4.61. The second-order valence-corrected chi connectivity index (χ2v) is 7.81. The number of benzene rings is 2. The van der Waals surface area contributed by atoms with Gasteiger partial charge in [0.15, 0.2) is 10.8 Å². The molecule has 1 saturated heterocycles. The van der Waals surface area contributed by atoms with Crippen LogP contribution in [0.25, 0.3) is 0 Å². The normalized spacial score (nSPS) is 26.1. The number of nitro groups is 1. The van der Waals surface area contributed by atoms with E-state index in [-0.39, 0.29) is 22.6 Å². The number of hydrogen-bond acceptors (Lipinski definition) is 4. The number of aryl methyl sites for hydroxylation is 2. The van der Waals surface area contributed by atoms with Crippen LogP contribution in [-0.4, -0.2) is 15.8 Å². The first-order chi connectivity index (χ1) is 12.7. The number of para-hydroxylation sites is 1. The van der Waals surface area contributed by atoms with Crippen LogP contribution in [0.2, 0.25) is 0 Å². The lowest BCUT2D eigenvalue weighted by atomic mass is 9.80. The zero-order valence-electron chi connectivity index (χ0n) is 15.6. The van der Waals surface area contributed by atoms with Crippen LogP contribution in [0.4, 0.5) is 11.4 Å². The number of anilines is 1. The summed E-state index contributed by atoms with van der Waals surface area (Å²) in [5.41, 5.74) is 3.39. The third kappa shape index (κ3) is 2.49. The Labute approximate surface area is 163 Å². The number of rotatable bonds is 2. The third-order valence-electron chi connectivity index (χ3n) is 5.79. The van der Waals surface area contributed by atoms with Gasteiger partial charge in [-0.25, -0.2) is 0 Å². The number of thiocarbonyl (C=S) groups is 1. The van der Waals surface area contributed by atoms with E-state index >= 15 is 0 Å². The molecule has 2 aromatic carbocycles. The Hall–Kier alpha value is -2.67. The van der Waals surface area contributed by atoms with Gasteiger partial charge in [0.1, 0.15) is 5.75 Å². The third-order valence-corrected chi connectivity index (χ3v) is 6.09. The van der Waals surface area contributed by atoms with E-state index in [0.717, 1.165) is 22.4 Å². The summed E-state index contributed by atoms with van der Waals surface area (Å²) in [5, 5.41) is 15.2. The second-order valence-electron chi connectivity index (χ2n) is 7.43. The number of hydrogen-bond donors (Lipinski definition) is 1. The summed E-state index contributed by atoms with van der Waals surface area (Å²) in [4.78, 5) is 12.9. The van der Waals surface area contributed by atoms with Crippen molar-refractivity contribution in [2.45, 2.75) is 39.5 Å². The zero-order valence-corrected chi connectivity index (χ0v) is 16.5. The molecule has 2 aromatic rings. The minimum absolute atomic E-state index is 0.0118. The lowest BCUT2D eigenvalue weighted by Gasteiger charge is -2.56. The average molecular weight is 383 g/mol. The lowest BCUT2D eigenvalue weighted by Crippen LogP contribution is -2.69. The van der Waals surface area contributed by atoms with Gasteiger partial charge < -0.3 is 10.1 Å². The van der Waals surface area contributed by atoms with Gasteiger partial charge >= 0.3 is 0 Å². The van der Waals surface area contributed by atoms with Gasteiger partial charge in [0, 0.05) is 23.6 Å². The van der Waals surface area contributed by atoms with Crippen molar-refractivity contribution in [2.24, 2.45) is 5.92 Å². The van der Waals surface area contributed by atoms with Gasteiger partial charge in [0.05, 0.1) is 16.7 Å². The highest BCUT2D eigenvalue weighted by Crippen LogP contribution is 2.50. The summed E-state index contributed by atoms with van der Waals surface area (Å²) in [6.07, 6.45) is 0. The first-order valence-corrected chi connectivity index (χ1v) is 9.29. The second kappa shape index (κ2) is 5.92. The molecule has 0 aromatic heterocycles. The van der Waals surface area contributed by atoms with E-state index in [4.69, 9.17) is 17.0 Å². The van der Waals surface area contributed by atoms with E-state index in [0.29, 0.717) is 10.9 Å². The van der Waals surface area contributed by atoms with Crippen LogP contribution in [0, 0.1) is 29.9 Å². The molecule has 1 fully saturated rings. The smallest absolute Gasteiger partial charge is 0.270 e. The van der Waals surface area contributed by atoms with Gasteiger partial charge in [-0.15, -0.1) is 0 Å². The van der Waals surface area contributed by atoms with Gasteiger partial charge in [0.25, 0.3) is 5.69 Å². The Bertz CT molecular complexity index is 957. The maximum absolute atomic E-state index is 11.2. The number of nitrogens with zero attached hydrogens (tertiary/aromatic N) is 2. The SMILES string of the molecule is Cc1cccc(C)c1N1C(=S)N[C@@H]2c3cc([N+](=O)[O-])ccc3O[C@]1(C)[C@@H]2C. The number of non-ortho nitro benzene ring substituents is 1. The van der Waals surface area contributed by atoms with E-state index in [1.54, 1.807) is 12.1 Å². The van der Waals surface area contributed by atoms with Crippen LogP contribution in [0.3, 0.4) is 0 Å². The van der Waals surface area contributed by atoms with Crippen LogP contribution in [-0.2, 0) is 0 Å². The molecule has 0 amide bonds. The largest absolute Gasteiger partial charge is 0.467 e. The highest BCUT2D eigenvalue weighted by Gasteiger charge is 2.54. The predicted octanol–water partition coefficient (Wildman–Crippen LogP) is 4.39. The molecular weight excluding hydrogens is 362 g/mol. The molecule has 140 valence electrons. The molecule has 7 heteroatoms. The van der Waals surface area contributed by atoms with Crippen molar-refractivity contribution in [3.63, 3.8) is 0 Å². The maximum atomic E-state index is 11.2. The Balaban J connectivity index is 1.88. The molecule has 2 aliphatic rings. The average Bonchev–Trinajstić information content (AvgIpc) is 2.60. The van der Waals surface area contributed by atoms with E-state index in [2.05, 4.69) is 43.1 Å². The molecule has 4 rings (SSSR count). The summed E-state index contributed by atoms with van der Waals surface area (Å²) in [5.74, 6) is 0.662. The minimum Gasteiger partial charge on any atom is -0.467 e. The Kier molecular flexibility index (Phi) is 3.89. The summed E-state index contributed by atoms with van der Waals surface area (Å²) in [6.45, 7) is 8.24. The first kappa shape index (κ1) is 17.7. The minimum atomic E-state index is -0.701. The quantitative estimate of drug-likeness (QED) is 0.471. The van der Waals surface area contributed by atoms with Crippen molar-refractivity contribution < 1.29 is 9.66 Å². The van der Waals surface area contributed by atoms with Gasteiger partial charge in [-0.2, -0.15) is 0 Å². The summed E-state index contributed by atoms with van der Waals surface area (Å²) in [6, 6.07) is 10.8. The van der Waals surface area contributed by atoms with Crippen LogP contribution in [0.15, 0.2) is 36.4 Å². The number of ether oxygens (including phenoxy) is 1. The first-order valence-electron chi connectivity index (χ1n) is 8.88. The van der Waals surface area contributed by atoms with E-state index in [1.165, 1.54) is 6.07 Å². The molecule has 0 spiro atoms. The molecule has 2 bridgehead atoms. The van der Waals surface area contributed by atoms with E-state index in [1.807, 2.05) is 13.0 Å². The molecule has 3 atom stereocenters. The topological polar surface area (TPSA) is 67.6 Å². The molecule has 0 saturated carbocycles. The van der Waals surface area contributed by atoms with Crippen molar-refractivity contribution >= 4 is 28.7 Å². The summed E-state index contributed by atoms with van der Waals surface area (Å²) >= 11 is 5.72. The number of nitrogens with one attached hydrogen (secondary N) is 1. The van der Waals surface area contributed by atoms with Crippen LogP contribution < -0.4 is 15.0 Å². The molecular formula is C20H21N3O3S. The van der Waals surface area contributed by atoms with Crippen LogP contribution >= 0.6 is 12.2 Å². The molecule has 0 unspecified atom stereocenters. The summed E-state index contributed by atoms with van der Waals surface area (Å²) < 4.78 is 6.46. The molecule has 0 aliphatic carbocycles. The van der Waals surface area contributed by atoms with Crippen LogP contribution in [0.1, 0.15) is 36.6 Å². The predicted molar refractivity (Wildman–Crippen MR) is 108 cm³/mol. The molecule has 0 radical (unpaired) electrons. The van der Waals surface area contributed by atoms with Crippen LogP contribution in [0.5, 0.6) is 5.75 Å². The van der Waals surface area contributed by atoms with Crippen molar-refractivity contribution in [1.82, 2.24) is 5.32 Å². The number of fused-ring (bicyclic) bond motifs is 4. The zero-order chi connectivity index (χ0) is 19.5. The van der Waals surface area contributed by atoms with Crippen molar-refractivity contribution in [1.29, 1.82) is 0 Å². The highest BCUT2D eigenvalue weighted by atomic mass is 32.1. The molecule has 6 nitrogen and oxygen atoms in total. The lowest BCUT2D eigenvalue weighted by molar-refractivity contribution is -0.385. The molecule has 2 heterocycles. The fraction of sp³-hybridized carbons (Fsp3) is 0.350. The Morgan fingerprint density at radius 3 is 2.56 bits per heavy atom. The van der Waals surface area contributed by atoms with Crippen molar-refractivity contribution in [3.05, 3.63) is 63.2 Å². The Morgan fingerprint density at radius 2 is 1.93 bits per heavy atom. The van der Waals surface area contributed by atoms with Gasteiger partial charge in [-0.3, -0.25) is 15.0 Å². The van der Waals surface area contributed by atoms with Crippen molar-refractivity contribution in [3.8, 4) is 5.75 Å². The monoisotopic (exact) mass is 383 g/mol. The standard InChI is InChI=1S/C20H21N3O3S/c1-11-6-5-7-12(2)18(11)22-19(27)21-17-13(3)20(22,4)26-16-9-8-14(23(24)25)10-15(16)17/h5-10,13,17H,1-4H3,(H,21,27)/t13-,17+,20-/m1/s1. The molecule has 27 heavy (non-hydrogen) atoms.